The smallest absolute Gasteiger partial charge is 0.410 e. The van der Waals surface area contributed by atoms with Crippen LogP contribution in [0.4, 0.5) is 13.6 Å². The Morgan fingerprint density at radius 3 is 2.53 bits per heavy atom. The summed E-state index contributed by atoms with van der Waals surface area (Å²) in [7, 11) is 0. The Bertz CT molecular complexity index is 278. The molecule has 100 valence electrons. The molecule has 1 aliphatic rings. The van der Waals surface area contributed by atoms with E-state index >= 15 is 0 Å². The molecule has 0 aromatic rings. The number of rotatable bonds is 2. The van der Waals surface area contributed by atoms with Gasteiger partial charge in [-0.05, 0) is 27.2 Å². The molecule has 1 rings (SSSR count). The van der Waals surface area contributed by atoms with Gasteiger partial charge in [-0.15, -0.1) is 0 Å². The van der Waals surface area contributed by atoms with Gasteiger partial charge in [-0.25, -0.2) is 13.6 Å². The summed E-state index contributed by atoms with van der Waals surface area (Å²) >= 11 is 0. The molecule has 1 amide bonds. The van der Waals surface area contributed by atoms with Crippen LogP contribution in [0, 0.1) is 5.92 Å². The summed E-state index contributed by atoms with van der Waals surface area (Å²) in [6.07, 6.45) is -3.00. The number of halogens is 2. The van der Waals surface area contributed by atoms with E-state index < -0.39 is 30.1 Å². The van der Waals surface area contributed by atoms with E-state index in [1.807, 2.05) is 0 Å². The van der Waals surface area contributed by atoms with Crippen molar-refractivity contribution in [1.29, 1.82) is 0 Å². The first-order valence-electron chi connectivity index (χ1n) is 5.63. The first-order chi connectivity index (χ1) is 7.74. The average Bonchev–Trinajstić information content (AvgIpc) is 2.58. The normalized spacial score (nSPS) is 25.5. The monoisotopic (exact) mass is 251 g/mol. The minimum absolute atomic E-state index is 0.0577. The number of aliphatic hydroxyl groups excluding tert-OH is 1. The molecule has 1 heterocycles. The van der Waals surface area contributed by atoms with Crippen molar-refractivity contribution in [3.8, 4) is 0 Å². The van der Waals surface area contributed by atoms with Crippen molar-refractivity contribution in [1.82, 2.24) is 4.90 Å². The number of aliphatic hydroxyl groups is 1. The van der Waals surface area contributed by atoms with E-state index in [0.717, 1.165) is 0 Å². The van der Waals surface area contributed by atoms with E-state index in [9.17, 15) is 13.6 Å². The molecule has 6 heteroatoms. The van der Waals surface area contributed by atoms with Gasteiger partial charge in [-0.3, -0.25) is 0 Å². The fourth-order valence-electron chi connectivity index (χ4n) is 1.85. The quantitative estimate of drug-likeness (QED) is 0.815. The van der Waals surface area contributed by atoms with Crippen LogP contribution in [0.25, 0.3) is 0 Å². The van der Waals surface area contributed by atoms with E-state index in [0.29, 0.717) is 0 Å². The second-order valence-corrected chi connectivity index (χ2v) is 5.30. The highest BCUT2D eigenvalue weighted by atomic mass is 19.3. The van der Waals surface area contributed by atoms with Crippen LogP contribution >= 0.6 is 0 Å². The van der Waals surface area contributed by atoms with E-state index in [1.54, 1.807) is 20.8 Å². The summed E-state index contributed by atoms with van der Waals surface area (Å²) in [5.41, 5.74) is -0.667. The van der Waals surface area contributed by atoms with Crippen molar-refractivity contribution in [3.05, 3.63) is 0 Å². The van der Waals surface area contributed by atoms with Gasteiger partial charge in [0.1, 0.15) is 5.60 Å². The van der Waals surface area contributed by atoms with Gasteiger partial charge in [-0.1, -0.05) is 0 Å². The Balaban J connectivity index is 2.66. The molecule has 0 saturated carbocycles. The fraction of sp³-hybridized carbons (Fsp3) is 0.909. The second-order valence-electron chi connectivity index (χ2n) is 5.30. The molecule has 1 aliphatic heterocycles. The van der Waals surface area contributed by atoms with E-state index in [2.05, 4.69) is 0 Å². The van der Waals surface area contributed by atoms with Crippen molar-refractivity contribution in [2.24, 2.45) is 5.92 Å². The maximum atomic E-state index is 12.6. The van der Waals surface area contributed by atoms with Gasteiger partial charge in [0.25, 0.3) is 0 Å². The molecule has 2 atom stereocenters. The van der Waals surface area contributed by atoms with Crippen molar-refractivity contribution >= 4 is 6.09 Å². The number of carbonyl (C=O) groups excluding carboxylic acids is 1. The molecule has 0 radical (unpaired) electrons. The van der Waals surface area contributed by atoms with Gasteiger partial charge in [-0.2, -0.15) is 0 Å². The van der Waals surface area contributed by atoms with Crippen LogP contribution in [0.2, 0.25) is 0 Å². The Labute approximate surface area is 99.5 Å². The maximum Gasteiger partial charge on any atom is 0.410 e. The van der Waals surface area contributed by atoms with Gasteiger partial charge in [0.2, 0.25) is 6.43 Å². The summed E-state index contributed by atoms with van der Waals surface area (Å²) in [6, 6.07) is -0.566. The van der Waals surface area contributed by atoms with E-state index in [4.69, 9.17) is 9.84 Å². The van der Waals surface area contributed by atoms with Crippen molar-refractivity contribution in [2.75, 3.05) is 13.2 Å². The number of carbonyl (C=O) groups is 1. The highest BCUT2D eigenvalue weighted by Gasteiger charge is 2.40. The van der Waals surface area contributed by atoms with Crippen LogP contribution in [0.3, 0.4) is 0 Å². The van der Waals surface area contributed by atoms with Gasteiger partial charge >= 0.3 is 6.09 Å². The predicted molar refractivity (Wildman–Crippen MR) is 57.9 cm³/mol. The van der Waals surface area contributed by atoms with Gasteiger partial charge in [0, 0.05) is 12.5 Å². The highest BCUT2D eigenvalue weighted by molar-refractivity contribution is 5.69. The van der Waals surface area contributed by atoms with Gasteiger partial charge in [0.05, 0.1) is 12.6 Å². The molecule has 0 aromatic carbocycles. The highest BCUT2D eigenvalue weighted by Crippen LogP contribution is 2.29. The average molecular weight is 251 g/mol. The lowest BCUT2D eigenvalue weighted by atomic mass is 10.1. The third kappa shape index (κ3) is 3.80. The molecule has 1 N–H and O–H groups in total. The molecular weight excluding hydrogens is 232 g/mol. The van der Waals surface area contributed by atoms with Gasteiger partial charge < -0.3 is 14.7 Å². The number of alkyl halides is 2. The van der Waals surface area contributed by atoms with Crippen LogP contribution in [0.15, 0.2) is 0 Å². The minimum Gasteiger partial charge on any atom is -0.444 e. The van der Waals surface area contributed by atoms with Crippen LogP contribution in [0.5, 0.6) is 0 Å². The topological polar surface area (TPSA) is 49.8 Å². The SMILES string of the molecule is CC(C)(C)OC(=O)N1CC(C(F)F)C[C@@H]1CO. The van der Waals surface area contributed by atoms with Crippen molar-refractivity contribution in [3.63, 3.8) is 0 Å². The Morgan fingerprint density at radius 1 is 1.53 bits per heavy atom. The predicted octanol–water partition coefficient (Wildman–Crippen LogP) is 1.87. The van der Waals surface area contributed by atoms with Crippen molar-refractivity contribution < 1.29 is 23.4 Å². The molecular formula is C11H19F2NO3. The fourth-order valence-corrected chi connectivity index (χ4v) is 1.85. The molecule has 1 saturated heterocycles. The number of likely N-dealkylation sites (tertiary alicyclic amines) is 1. The zero-order valence-electron chi connectivity index (χ0n) is 10.3. The lowest BCUT2D eigenvalue weighted by Crippen LogP contribution is -2.41. The summed E-state index contributed by atoms with van der Waals surface area (Å²) < 4.78 is 30.2. The largest absolute Gasteiger partial charge is 0.444 e. The van der Waals surface area contributed by atoms with E-state index in [1.165, 1.54) is 4.90 Å². The molecule has 0 aliphatic carbocycles. The molecule has 17 heavy (non-hydrogen) atoms. The van der Waals surface area contributed by atoms with E-state index in [-0.39, 0.29) is 19.6 Å². The first kappa shape index (κ1) is 14.2. The standard InChI is InChI=1S/C11H19F2NO3/c1-11(2,3)17-10(16)14-5-7(9(12)13)4-8(14)6-15/h7-9,15H,4-6H2,1-3H3/t7?,8-/m1/s1. The molecule has 0 spiro atoms. The number of amides is 1. The zero-order chi connectivity index (χ0) is 13.2. The first-order valence-corrected chi connectivity index (χ1v) is 5.63. The number of hydrogen-bond donors (Lipinski definition) is 1. The zero-order valence-corrected chi connectivity index (χ0v) is 10.3. The third-order valence-electron chi connectivity index (χ3n) is 2.64. The van der Waals surface area contributed by atoms with Crippen LogP contribution < -0.4 is 0 Å². The Kier molecular flexibility index (Phi) is 4.30. The Morgan fingerprint density at radius 2 is 2.12 bits per heavy atom. The molecule has 4 nitrogen and oxygen atoms in total. The number of nitrogens with zero attached hydrogens (tertiary/aromatic N) is 1. The third-order valence-corrected chi connectivity index (χ3v) is 2.64. The molecule has 1 fully saturated rings. The minimum atomic E-state index is -2.48. The summed E-state index contributed by atoms with van der Waals surface area (Å²) in [6.45, 7) is 4.75. The number of ether oxygens (including phenoxy) is 1. The van der Waals surface area contributed by atoms with Crippen LogP contribution in [-0.4, -0.2) is 47.3 Å². The summed E-state index contributed by atoms with van der Waals surface area (Å²) in [4.78, 5) is 12.9. The lowest BCUT2D eigenvalue weighted by Gasteiger charge is -2.27. The lowest BCUT2D eigenvalue weighted by molar-refractivity contribution is 0.0156. The van der Waals surface area contributed by atoms with Gasteiger partial charge in [0.15, 0.2) is 0 Å². The molecule has 1 unspecified atom stereocenters. The van der Waals surface area contributed by atoms with Crippen LogP contribution in [-0.2, 0) is 4.74 Å². The molecule has 0 bridgehead atoms. The molecule has 0 aromatic heterocycles. The number of hydrogen-bond acceptors (Lipinski definition) is 3. The van der Waals surface area contributed by atoms with Crippen LogP contribution in [0.1, 0.15) is 27.2 Å². The Hall–Kier alpha value is -0.910. The second kappa shape index (κ2) is 5.16. The summed E-state index contributed by atoms with van der Waals surface area (Å²) in [5, 5.41) is 9.09. The maximum absolute atomic E-state index is 12.6. The van der Waals surface area contributed by atoms with Crippen molar-refractivity contribution in [2.45, 2.75) is 45.3 Å². The summed E-state index contributed by atoms with van der Waals surface area (Å²) in [5.74, 6) is -0.875.